The predicted octanol–water partition coefficient (Wildman–Crippen LogP) is 1.67. The van der Waals surface area contributed by atoms with Crippen LogP contribution in [-0.4, -0.2) is 34.1 Å². The van der Waals surface area contributed by atoms with Gasteiger partial charge in [-0.25, -0.2) is 0 Å². The topological polar surface area (TPSA) is 40.5 Å². The summed E-state index contributed by atoms with van der Waals surface area (Å²) in [5, 5.41) is 9.83. The van der Waals surface area contributed by atoms with Crippen molar-refractivity contribution in [1.82, 2.24) is 4.90 Å². The van der Waals surface area contributed by atoms with Crippen molar-refractivity contribution in [3.8, 4) is 0 Å². The zero-order valence-corrected chi connectivity index (χ0v) is 9.68. The maximum atomic E-state index is 12.2. The molecule has 1 amide bonds. The quantitative estimate of drug-likeness (QED) is 0.780. The third-order valence-electron chi connectivity index (χ3n) is 3.40. The number of hydrogen-bond donors (Lipinski definition) is 1. The van der Waals surface area contributed by atoms with Crippen LogP contribution in [0, 0.1) is 0 Å². The molecule has 2 rings (SSSR count). The van der Waals surface area contributed by atoms with E-state index in [9.17, 15) is 9.90 Å². The Morgan fingerprint density at radius 2 is 2.00 bits per heavy atom. The Kier molecular flexibility index (Phi) is 2.72. The molecule has 3 heteroatoms. The number of amides is 1. The van der Waals surface area contributed by atoms with Gasteiger partial charge in [0, 0.05) is 12.1 Å². The van der Waals surface area contributed by atoms with E-state index in [-0.39, 0.29) is 5.91 Å². The van der Waals surface area contributed by atoms with Gasteiger partial charge in [-0.2, -0.15) is 0 Å². The molecule has 1 aliphatic heterocycles. The number of carbonyl (C=O) groups excluding carboxylic acids is 1. The Morgan fingerprint density at radius 1 is 1.38 bits per heavy atom. The van der Waals surface area contributed by atoms with E-state index in [0.717, 1.165) is 0 Å². The van der Waals surface area contributed by atoms with Crippen LogP contribution in [0.1, 0.15) is 30.6 Å². The Morgan fingerprint density at radius 3 is 2.50 bits per heavy atom. The molecule has 1 N–H and O–H groups in total. The number of nitrogens with zero attached hydrogens (tertiary/aromatic N) is 1. The standard InChI is InChI=1S/C13H17NO2/c1-13(2)11(15)8-9-14(13)12(16)10-6-4-3-5-7-10/h3-7,11,15H,8-9H2,1-2H3. The maximum absolute atomic E-state index is 12.2. The molecule has 1 saturated heterocycles. The predicted molar refractivity (Wildman–Crippen MR) is 62.2 cm³/mol. The highest BCUT2D eigenvalue weighted by molar-refractivity contribution is 5.94. The largest absolute Gasteiger partial charge is 0.391 e. The zero-order chi connectivity index (χ0) is 11.8. The van der Waals surface area contributed by atoms with Gasteiger partial charge < -0.3 is 10.0 Å². The first-order valence-electron chi connectivity index (χ1n) is 5.58. The minimum atomic E-state index is -0.465. The van der Waals surface area contributed by atoms with Crippen molar-refractivity contribution in [1.29, 1.82) is 0 Å². The van der Waals surface area contributed by atoms with Crippen molar-refractivity contribution in [3.05, 3.63) is 35.9 Å². The van der Waals surface area contributed by atoms with Crippen molar-refractivity contribution in [2.24, 2.45) is 0 Å². The summed E-state index contributed by atoms with van der Waals surface area (Å²) in [6, 6.07) is 9.21. The van der Waals surface area contributed by atoms with Gasteiger partial charge in [-0.1, -0.05) is 18.2 Å². The highest BCUT2D eigenvalue weighted by atomic mass is 16.3. The van der Waals surface area contributed by atoms with Gasteiger partial charge in [0.25, 0.3) is 5.91 Å². The molecular weight excluding hydrogens is 202 g/mol. The van der Waals surface area contributed by atoms with Gasteiger partial charge in [0.2, 0.25) is 0 Å². The Hall–Kier alpha value is -1.35. The van der Waals surface area contributed by atoms with Crippen LogP contribution in [0.2, 0.25) is 0 Å². The van der Waals surface area contributed by atoms with Gasteiger partial charge >= 0.3 is 0 Å². The van der Waals surface area contributed by atoms with E-state index in [0.29, 0.717) is 18.5 Å². The smallest absolute Gasteiger partial charge is 0.254 e. The molecule has 1 atom stereocenters. The lowest BCUT2D eigenvalue weighted by Crippen LogP contribution is -2.48. The lowest BCUT2D eigenvalue weighted by atomic mass is 9.98. The number of carbonyl (C=O) groups is 1. The Labute approximate surface area is 95.7 Å². The third-order valence-corrected chi connectivity index (χ3v) is 3.40. The first-order valence-corrected chi connectivity index (χ1v) is 5.58. The fourth-order valence-electron chi connectivity index (χ4n) is 2.17. The SMILES string of the molecule is CC1(C)C(O)CCN1C(=O)c1ccccc1. The van der Waals surface area contributed by atoms with Crippen LogP contribution in [0.5, 0.6) is 0 Å². The number of benzene rings is 1. The molecule has 1 aromatic carbocycles. The van der Waals surface area contributed by atoms with Gasteiger partial charge in [-0.05, 0) is 32.4 Å². The second-order valence-corrected chi connectivity index (χ2v) is 4.78. The third kappa shape index (κ3) is 1.71. The van der Waals surface area contributed by atoms with Crippen LogP contribution in [0.3, 0.4) is 0 Å². The van der Waals surface area contributed by atoms with Gasteiger partial charge in [-0.15, -0.1) is 0 Å². The Balaban J connectivity index is 2.24. The molecule has 86 valence electrons. The molecule has 1 aromatic rings. The van der Waals surface area contributed by atoms with Crippen LogP contribution in [0.15, 0.2) is 30.3 Å². The minimum absolute atomic E-state index is 0.00199. The summed E-state index contributed by atoms with van der Waals surface area (Å²) in [5.41, 5.74) is 0.220. The van der Waals surface area contributed by atoms with Crippen molar-refractivity contribution in [2.45, 2.75) is 31.9 Å². The van der Waals surface area contributed by atoms with Gasteiger partial charge in [0.05, 0.1) is 11.6 Å². The van der Waals surface area contributed by atoms with Crippen LogP contribution >= 0.6 is 0 Å². The molecule has 0 aliphatic carbocycles. The van der Waals surface area contributed by atoms with Crippen LogP contribution in [0.4, 0.5) is 0 Å². The van der Waals surface area contributed by atoms with Crippen molar-refractivity contribution in [3.63, 3.8) is 0 Å². The number of likely N-dealkylation sites (tertiary alicyclic amines) is 1. The lowest BCUT2D eigenvalue weighted by Gasteiger charge is -2.33. The second kappa shape index (κ2) is 3.91. The van der Waals surface area contributed by atoms with E-state index in [1.54, 1.807) is 4.90 Å². The summed E-state index contributed by atoms with van der Waals surface area (Å²) in [6.45, 7) is 4.44. The summed E-state index contributed by atoms with van der Waals surface area (Å²) < 4.78 is 0. The fraction of sp³-hybridized carbons (Fsp3) is 0.462. The number of rotatable bonds is 1. The summed E-state index contributed by atoms with van der Waals surface area (Å²) >= 11 is 0. The van der Waals surface area contributed by atoms with Crippen molar-refractivity contribution < 1.29 is 9.90 Å². The first kappa shape index (κ1) is 11.1. The van der Waals surface area contributed by atoms with Gasteiger partial charge in [0.15, 0.2) is 0 Å². The highest BCUT2D eigenvalue weighted by Crippen LogP contribution is 2.30. The molecule has 0 saturated carbocycles. The van der Waals surface area contributed by atoms with Gasteiger partial charge in [-0.3, -0.25) is 4.79 Å². The second-order valence-electron chi connectivity index (χ2n) is 4.78. The number of aliphatic hydroxyl groups excluding tert-OH is 1. The monoisotopic (exact) mass is 219 g/mol. The average Bonchev–Trinajstić information content (AvgIpc) is 2.54. The van der Waals surface area contributed by atoms with Gasteiger partial charge in [0.1, 0.15) is 0 Å². The van der Waals surface area contributed by atoms with Crippen LogP contribution < -0.4 is 0 Å². The molecule has 1 fully saturated rings. The molecule has 1 heterocycles. The molecule has 0 aromatic heterocycles. The van der Waals surface area contributed by atoms with E-state index in [1.807, 2.05) is 44.2 Å². The number of aliphatic hydroxyl groups is 1. The molecule has 0 spiro atoms. The highest BCUT2D eigenvalue weighted by Gasteiger charge is 2.42. The van der Waals surface area contributed by atoms with E-state index in [4.69, 9.17) is 0 Å². The zero-order valence-electron chi connectivity index (χ0n) is 9.68. The van der Waals surface area contributed by atoms with E-state index in [1.165, 1.54) is 0 Å². The Bertz CT molecular complexity index is 386. The molecule has 0 radical (unpaired) electrons. The average molecular weight is 219 g/mol. The summed E-state index contributed by atoms with van der Waals surface area (Å²) in [6.07, 6.45) is 0.228. The molecule has 16 heavy (non-hydrogen) atoms. The molecule has 1 unspecified atom stereocenters. The summed E-state index contributed by atoms with van der Waals surface area (Å²) in [7, 11) is 0. The van der Waals surface area contributed by atoms with E-state index in [2.05, 4.69) is 0 Å². The summed E-state index contributed by atoms with van der Waals surface area (Å²) in [5.74, 6) is 0.00199. The normalized spacial score (nSPS) is 23.4. The van der Waals surface area contributed by atoms with Crippen LogP contribution in [0.25, 0.3) is 0 Å². The van der Waals surface area contributed by atoms with Crippen molar-refractivity contribution >= 4 is 5.91 Å². The molecule has 0 bridgehead atoms. The maximum Gasteiger partial charge on any atom is 0.254 e. The van der Waals surface area contributed by atoms with Crippen LogP contribution in [-0.2, 0) is 0 Å². The lowest BCUT2D eigenvalue weighted by molar-refractivity contribution is 0.0394. The molecular formula is C13H17NO2. The minimum Gasteiger partial charge on any atom is -0.391 e. The molecule has 3 nitrogen and oxygen atoms in total. The summed E-state index contributed by atoms with van der Waals surface area (Å²) in [4.78, 5) is 14.0. The van der Waals surface area contributed by atoms with Crippen molar-refractivity contribution in [2.75, 3.05) is 6.54 Å². The molecule has 1 aliphatic rings. The van der Waals surface area contributed by atoms with E-state index < -0.39 is 11.6 Å². The fourth-order valence-corrected chi connectivity index (χ4v) is 2.17. The first-order chi connectivity index (χ1) is 7.53. The van der Waals surface area contributed by atoms with E-state index >= 15 is 0 Å². The number of hydrogen-bond acceptors (Lipinski definition) is 2.